The van der Waals surface area contributed by atoms with E-state index in [1.807, 2.05) is 0 Å². The van der Waals surface area contributed by atoms with Crippen LogP contribution in [0.1, 0.15) is 421 Å². The van der Waals surface area contributed by atoms with Gasteiger partial charge in [-0.1, -0.05) is 370 Å². The number of phosphoric acid groups is 2. The molecule has 0 rings (SSSR count). The monoisotopic (exact) mass is 1470 g/mol. The van der Waals surface area contributed by atoms with Gasteiger partial charge in [0.2, 0.25) is 0 Å². The molecule has 6 atom stereocenters. The van der Waals surface area contributed by atoms with Crippen LogP contribution in [0, 0.1) is 17.8 Å². The molecular weight excluding hydrogens is 1310 g/mol. The predicted octanol–water partition coefficient (Wildman–Crippen LogP) is 24.1. The molecule has 0 saturated heterocycles. The molecule has 0 aromatic carbocycles. The standard InChI is InChI=1S/C81H158O17P2/c1-8-10-11-12-38-48-55-62-78(83)91-68-76(97-80(85)64-58-51-44-37-31-25-18-16-21-27-33-40-46-53-60-73(5)6)70-95-99(87,88)93-66-75(82)67-94-100(89,90)96-71-77(98-81(86)65-57-50-43-36-30-24-15-13-14-20-26-32-39-45-52-59-72(3)4)69-92-79(84)63-56-49-42-35-29-23-19-17-22-28-34-41-47-54-61-74(7)9-2/h72-77,82H,8-71H2,1-7H3,(H,87,88)(H,89,90)/t74?,75-,76+,77+/m0/s1. The molecule has 0 spiro atoms. The van der Waals surface area contributed by atoms with Crippen molar-refractivity contribution in [2.24, 2.45) is 17.8 Å². The van der Waals surface area contributed by atoms with Crippen LogP contribution in [0.2, 0.25) is 0 Å². The van der Waals surface area contributed by atoms with Gasteiger partial charge >= 0.3 is 39.5 Å². The van der Waals surface area contributed by atoms with Gasteiger partial charge in [0.25, 0.3) is 0 Å². The van der Waals surface area contributed by atoms with Crippen LogP contribution in [0.4, 0.5) is 0 Å². The van der Waals surface area contributed by atoms with Crippen LogP contribution < -0.4 is 0 Å². The van der Waals surface area contributed by atoms with E-state index >= 15 is 0 Å². The van der Waals surface area contributed by atoms with E-state index in [9.17, 15) is 43.2 Å². The van der Waals surface area contributed by atoms with Crippen molar-refractivity contribution in [3.63, 3.8) is 0 Å². The highest BCUT2D eigenvalue weighted by Crippen LogP contribution is 2.45. The second-order valence-electron chi connectivity index (χ2n) is 30.4. The summed E-state index contributed by atoms with van der Waals surface area (Å²) < 4.78 is 68.6. The third-order valence-corrected chi connectivity index (χ3v) is 21.1. The van der Waals surface area contributed by atoms with Gasteiger partial charge in [0.1, 0.15) is 19.3 Å². The summed E-state index contributed by atoms with van der Waals surface area (Å²) in [5.74, 6) is 0.333. The first kappa shape index (κ1) is 98.1. The summed E-state index contributed by atoms with van der Waals surface area (Å²) in [6.45, 7) is 12.0. The molecule has 19 heteroatoms. The maximum absolute atomic E-state index is 13.1. The lowest BCUT2D eigenvalue weighted by Crippen LogP contribution is -2.30. The first-order chi connectivity index (χ1) is 48.3. The fourth-order valence-corrected chi connectivity index (χ4v) is 14.0. The molecule has 0 saturated carbocycles. The van der Waals surface area contributed by atoms with Gasteiger partial charge in [-0.15, -0.1) is 0 Å². The summed E-state index contributed by atoms with van der Waals surface area (Å²) in [6.07, 6.45) is 59.7. The second kappa shape index (κ2) is 71.3. The molecule has 0 heterocycles. The van der Waals surface area contributed by atoms with Crippen LogP contribution in [-0.4, -0.2) is 96.7 Å². The number of rotatable bonds is 79. The maximum Gasteiger partial charge on any atom is 0.472 e. The highest BCUT2D eigenvalue weighted by molar-refractivity contribution is 7.47. The fraction of sp³-hybridized carbons (Fsp3) is 0.951. The van der Waals surface area contributed by atoms with Gasteiger partial charge < -0.3 is 33.8 Å². The van der Waals surface area contributed by atoms with E-state index in [0.717, 1.165) is 120 Å². The molecule has 0 aliphatic carbocycles. The molecule has 0 aliphatic rings. The molecule has 0 radical (unpaired) electrons. The Morgan fingerprint density at radius 2 is 0.510 bits per heavy atom. The smallest absolute Gasteiger partial charge is 0.462 e. The van der Waals surface area contributed by atoms with Gasteiger partial charge in [0, 0.05) is 25.7 Å². The van der Waals surface area contributed by atoms with Crippen molar-refractivity contribution in [3.05, 3.63) is 0 Å². The van der Waals surface area contributed by atoms with Gasteiger partial charge in [-0.05, 0) is 43.4 Å². The number of unbranched alkanes of at least 4 members (excludes halogenated alkanes) is 46. The Hall–Kier alpha value is -1.94. The molecule has 3 unspecified atom stereocenters. The van der Waals surface area contributed by atoms with Crippen molar-refractivity contribution in [1.82, 2.24) is 0 Å². The molecule has 3 N–H and O–H groups in total. The van der Waals surface area contributed by atoms with Crippen LogP contribution in [0.25, 0.3) is 0 Å². The minimum atomic E-state index is -4.96. The quantitative estimate of drug-likeness (QED) is 0.0222. The predicted molar refractivity (Wildman–Crippen MR) is 409 cm³/mol. The van der Waals surface area contributed by atoms with Crippen LogP contribution in [0.5, 0.6) is 0 Å². The number of aliphatic hydroxyl groups excluding tert-OH is 1. The summed E-state index contributed by atoms with van der Waals surface area (Å²) in [5.41, 5.74) is 0. The lowest BCUT2D eigenvalue weighted by atomic mass is 9.99. The summed E-state index contributed by atoms with van der Waals surface area (Å²) in [4.78, 5) is 72.9. The zero-order chi connectivity index (χ0) is 73.7. The highest BCUT2D eigenvalue weighted by atomic mass is 31.2. The fourth-order valence-electron chi connectivity index (χ4n) is 12.5. The number of aliphatic hydroxyl groups is 1. The van der Waals surface area contributed by atoms with Crippen molar-refractivity contribution in [2.45, 2.75) is 439 Å². The average molecular weight is 1470 g/mol. The molecular formula is C81H158O17P2. The molecule has 0 aromatic rings. The largest absolute Gasteiger partial charge is 0.472 e. The SMILES string of the molecule is CCCCCCCCCC(=O)OC[C@H](COP(=O)(O)OC[C@H](O)COP(=O)(O)OC[C@@H](COC(=O)CCCCCCCCCCCCCCCCC(C)CC)OC(=O)CCCCCCCCCCCCCCCCCC(C)C)OC(=O)CCCCCCCCCCCCCCCCC(C)C. The molecule has 0 bridgehead atoms. The Morgan fingerprint density at radius 1 is 0.290 bits per heavy atom. The van der Waals surface area contributed by atoms with Crippen molar-refractivity contribution in [3.8, 4) is 0 Å². The Balaban J connectivity index is 5.18. The first-order valence-electron chi connectivity index (χ1n) is 41.9. The van der Waals surface area contributed by atoms with Crippen molar-refractivity contribution < 1.29 is 80.2 Å². The van der Waals surface area contributed by atoms with Gasteiger partial charge in [0.05, 0.1) is 26.4 Å². The van der Waals surface area contributed by atoms with E-state index in [1.54, 1.807) is 0 Å². The van der Waals surface area contributed by atoms with Crippen LogP contribution in [-0.2, 0) is 65.4 Å². The van der Waals surface area contributed by atoms with Crippen LogP contribution >= 0.6 is 15.6 Å². The normalized spacial score (nSPS) is 14.2. The summed E-state index contributed by atoms with van der Waals surface area (Å²) in [7, 11) is -9.92. The summed E-state index contributed by atoms with van der Waals surface area (Å²) in [5, 5.41) is 10.6. The average Bonchev–Trinajstić information content (AvgIpc) is 0.932. The van der Waals surface area contributed by atoms with Crippen LogP contribution in [0.3, 0.4) is 0 Å². The third kappa shape index (κ3) is 73.0. The topological polar surface area (TPSA) is 237 Å². The van der Waals surface area contributed by atoms with E-state index in [1.165, 1.54) is 218 Å². The van der Waals surface area contributed by atoms with Gasteiger partial charge in [0.15, 0.2) is 12.2 Å². The zero-order valence-electron chi connectivity index (χ0n) is 65.7. The van der Waals surface area contributed by atoms with E-state index in [-0.39, 0.29) is 25.7 Å². The minimum Gasteiger partial charge on any atom is -0.462 e. The van der Waals surface area contributed by atoms with Gasteiger partial charge in [-0.2, -0.15) is 0 Å². The number of ether oxygens (including phenoxy) is 4. The molecule has 0 aliphatic heterocycles. The Labute approximate surface area is 613 Å². The minimum absolute atomic E-state index is 0.107. The van der Waals surface area contributed by atoms with E-state index in [4.69, 9.17) is 37.0 Å². The second-order valence-corrected chi connectivity index (χ2v) is 33.3. The zero-order valence-corrected chi connectivity index (χ0v) is 67.5. The van der Waals surface area contributed by atoms with E-state index in [0.29, 0.717) is 25.7 Å². The van der Waals surface area contributed by atoms with Crippen molar-refractivity contribution in [1.29, 1.82) is 0 Å². The summed E-state index contributed by atoms with van der Waals surface area (Å²) in [6, 6.07) is 0. The number of hydrogen-bond donors (Lipinski definition) is 3. The first-order valence-corrected chi connectivity index (χ1v) is 44.9. The number of carbonyl (C=O) groups excluding carboxylic acids is 4. The lowest BCUT2D eigenvalue weighted by Gasteiger charge is -2.21. The highest BCUT2D eigenvalue weighted by Gasteiger charge is 2.30. The molecule has 594 valence electrons. The molecule has 0 fully saturated rings. The molecule has 17 nitrogen and oxygen atoms in total. The number of esters is 4. The van der Waals surface area contributed by atoms with E-state index < -0.39 is 97.5 Å². The van der Waals surface area contributed by atoms with Gasteiger partial charge in [-0.25, -0.2) is 9.13 Å². The number of carbonyl (C=O) groups is 4. The molecule has 0 aromatic heterocycles. The molecule has 100 heavy (non-hydrogen) atoms. The number of phosphoric ester groups is 2. The maximum atomic E-state index is 13.1. The van der Waals surface area contributed by atoms with Crippen LogP contribution in [0.15, 0.2) is 0 Å². The third-order valence-electron chi connectivity index (χ3n) is 19.2. The molecule has 0 amide bonds. The van der Waals surface area contributed by atoms with Crippen molar-refractivity contribution >= 4 is 39.5 Å². The Morgan fingerprint density at radius 3 is 0.760 bits per heavy atom. The Kier molecular flexibility index (Phi) is 69.9. The Bertz CT molecular complexity index is 1940. The lowest BCUT2D eigenvalue weighted by molar-refractivity contribution is -0.161. The van der Waals surface area contributed by atoms with Crippen molar-refractivity contribution in [2.75, 3.05) is 39.6 Å². The van der Waals surface area contributed by atoms with Gasteiger partial charge in [-0.3, -0.25) is 37.3 Å². The number of hydrogen-bond acceptors (Lipinski definition) is 15. The van der Waals surface area contributed by atoms with E-state index in [2.05, 4.69) is 48.5 Å². The summed E-state index contributed by atoms with van der Waals surface area (Å²) >= 11 is 0.